The fourth-order valence-electron chi connectivity index (χ4n) is 1.87. The van der Waals surface area contributed by atoms with Crippen LogP contribution in [0.15, 0.2) is 11.6 Å². The molecule has 3 nitrogen and oxygen atoms in total. The number of piperidine rings is 1. The highest BCUT2D eigenvalue weighted by molar-refractivity contribution is 5.50. The summed E-state index contributed by atoms with van der Waals surface area (Å²) in [5.74, 6) is 0. The fraction of sp³-hybridized carbons (Fsp3) is 0.545. The van der Waals surface area contributed by atoms with Crippen LogP contribution in [0.2, 0.25) is 0 Å². The number of rotatable bonds is 1. The van der Waals surface area contributed by atoms with E-state index < -0.39 is 0 Å². The van der Waals surface area contributed by atoms with Gasteiger partial charge in [-0.25, -0.2) is 0 Å². The van der Waals surface area contributed by atoms with Crippen LogP contribution in [0.25, 0.3) is 6.08 Å². The average Bonchev–Trinajstić information content (AvgIpc) is 2.47. The smallest absolute Gasteiger partial charge is 0.0608 e. The molecule has 3 heteroatoms. The van der Waals surface area contributed by atoms with Crippen molar-refractivity contribution < 1.29 is 0 Å². The van der Waals surface area contributed by atoms with Gasteiger partial charge in [-0.2, -0.15) is 5.10 Å². The quantitative estimate of drug-likeness (QED) is 0.729. The minimum atomic E-state index is 1.09. The van der Waals surface area contributed by atoms with Crippen LogP contribution < -0.4 is 5.32 Å². The van der Waals surface area contributed by atoms with E-state index >= 15 is 0 Å². The van der Waals surface area contributed by atoms with E-state index in [1.807, 2.05) is 18.7 Å². The molecule has 2 heterocycles. The molecule has 1 aromatic heterocycles. The molecule has 0 unspecified atom stereocenters. The van der Waals surface area contributed by atoms with E-state index in [2.05, 4.69) is 22.6 Å². The summed E-state index contributed by atoms with van der Waals surface area (Å²) in [6.45, 7) is 4.26. The third kappa shape index (κ3) is 2.04. The third-order valence-corrected chi connectivity index (χ3v) is 2.64. The van der Waals surface area contributed by atoms with E-state index in [-0.39, 0.29) is 0 Å². The Morgan fingerprint density at radius 1 is 1.43 bits per heavy atom. The Bertz CT molecular complexity index is 341. The van der Waals surface area contributed by atoms with E-state index in [1.165, 1.54) is 24.1 Å². The van der Waals surface area contributed by atoms with Crippen LogP contribution in [0, 0.1) is 6.92 Å². The van der Waals surface area contributed by atoms with E-state index in [9.17, 15) is 0 Å². The molecule has 0 radical (unpaired) electrons. The van der Waals surface area contributed by atoms with Crippen LogP contribution in [0.3, 0.4) is 0 Å². The van der Waals surface area contributed by atoms with Crippen LogP contribution in [-0.2, 0) is 7.05 Å². The van der Waals surface area contributed by atoms with Crippen LogP contribution in [0.4, 0.5) is 0 Å². The topological polar surface area (TPSA) is 29.9 Å². The lowest BCUT2D eigenvalue weighted by Crippen LogP contribution is -2.23. The number of nitrogens with zero attached hydrogens (tertiary/aromatic N) is 2. The molecule has 14 heavy (non-hydrogen) atoms. The second kappa shape index (κ2) is 3.96. The zero-order chi connectivity index (χ0) is 9.97. The van der Waals surface area contributed by atoms with Crippen molar-refractivity contribution >= 4 is 6.08 Å². The summed E-state index contributed by atoms with van der Waals surface area (Å²) < 4.78 is 1.95. The predicted molar refractivity (Wildman–Crippen MR) is 58.0 cm³/mol. The minimum Gasteiger partial charge on any atom is -0.316 e. The molecular formula is C11H17N3. The van der Waals surface area contributed by atoms with Gasteiger partial charge in [-0.3, -0.25) is 4.68 Å². The van der Waals surface area contributed by atoms with Gasteiger partial charge in [0.1, 0.15) is 0 Å². The molecule has 1 aliphatic rings. The minimum absolute atomic E-state index is 1.09. The zero-order valence-electron chi connectivity index (χ0n) is 8.88. The second-order valence-electron chi connectivity index (χ2n) is 3.89. The van der Waals surface area contributed by atoms with Crippen LogP contribution in [0.5, 0.6) is 0 Å². The maximum Gasteiger partial charge on any atom is 0.0608 e. The van der Waals surface area contributed by atoms with Gasteiger partial charge in [-0.05, 0) is 45.0 Å². The van der Waals surface area contributed by atoms with Crippen molar-refractivity contribution in [3.63, 3.8) is 0 Å². The molecule has 1 N–H and O–H groups in total. The Morgan fingerprint density at radius 2 is 2.14 bits per heavy atom. The number of aryl methyl sites for hydroxylation is 2. The Morgan fingerprint density at radius 3 is 2.71 bits per heavy atom. The predicted octanol–water partition coefficient (Wildman–Crippen LogP) is 1.50. The summed E-state index contributed by atoms with van der Waals surface area (Å²) in [4.78, 5) is 0. The first-order valence-electron chi connectivity index (χ1n) is 5.16. The molecule has 1 saturated heterocycles. The van der Waals surface area contributed by atoms with Gasteiger partial charge in [-0.1, -0.05) is 5.57 Å². The van der Waals surface area contributed by atoms with Gasteiger partial charge >= 0.3 is 0 Å². The van der Waals surface area contributed by atoms with Crippen molar-refractivity contribution in [3.8, 4) is 0 Å². The molecule has 0 atom stereocenters. The normalized spacial score (nSPS) is 17.1. The Kier molecular flexibility index (Phi) is 2.68. The lowest BCUT2D eigenvalue weighted by atomic mass is 10.0. The summed E-state index contributed by atoms with van der Waals surface area (Å²) >= 11 is 0. The van der Waals surface area contributed by atoms with Gasteiger partial charge in [0.2, 0.25) is 0 Å². The first-order valence-corrected chi connectivity index (χ1v) is 5.16. The Labute approximate surface area is 84.8 Å². The summed E-state index contributed by atoms with van der Waals surface area (Å²) in [5, 5.41) is 7.69. The number of hydrogen-bond donors (Lipinski definition) is 1. The Hall–Kier alpha value is -1.09. The standard InChI is InChI=1S/C11H17N3/c1-9-7-11(14(2)13-9)8-10-3-5-12-6-4-10/h7-8,12H,3-6H2,1-2H3. The lowest BCUT2D eigenvalue weighted by molar-refractivity contribution is 0.612. The average molecular weight is 191 g/mol. The zero-order valence-corrected chi connectivity index (χ0v) is 8.88. The highest BCUT2D eigenvalue weighted by Crippen LogP contribution is 2.15. The van der Waals surface area contributed by atoms with Gasteiger partial charge < -0.3 is 5.32 Å². The van der Waals surface area contributed by atoms with E-state index in [0.29, 0.717) is 0 Å². The molecular weight excluding hydrogens is 174 g/mol. The Balaban J connectivity index is 2.18. The third-order valence-electron chi connectivity index (χ3n) is 2.64. The first-order chi connectivity index (χ1) is 6.75. The molecule has 2 rings (SSSR count). The van der Waals surface area contributed by atoms with Crippen LogP contribution in [-0.4, -0.2) is 22.9 Å². The summed E-state index contributed by atoms with van der Waals surface area (Å²) in [6, 6.07) is 2.13. The molecule has 0 bridgehead atoms. The highest BCUT2D eigenvalue weighted by atomic mass is 15.3. The number of nitrogens with one attached hydrogen (secondary N) is 1. The molecule has 1 fully saturated rings. The van der Waals surface area contributed by atoms with Crippen LogP contribution in [0.1, 0.15) is 24.2 Å². The molecule has 1 aliphatic heterocycles. The summed E-state index contributed by atoms with van der Waals surface area (Å²) in [5.41, 5.74) is 3.85. The van der Waals surface area contributed by atoms with E-state index in [4.69, 9.17) is 0 Å². The SMILES string of the molecule is Cc1cc(C=C2CCNCC2)n(C)n1. The van der Waals surface area contributed by atoms with Crippen molar-refractivity contribution in [2.45, 2.75) is 19.8 Å². The molecule has 0 saturated carbocycles. The van der Waals surface area contributed by atoms with E-state index in [0.717, 1.165) is 18.8 Å². The highest BCUT2D eigenvalue weighted by Gasteiger charge is 2.06. The molecule has 0 amide bonds. The monoisotopic (exact) mass is 191 g/mol. The maximum absolute atomic E-state index is 4.33. The van der Waals surface area contributed by atoms with Crippen LogP contribution >= 0.6 is 0 Å². The van der Waals surface area contributed by atoms with Crippen molar-refractivity contribution in [1.82, 2.24) is 15.1 Å². The second-order valence-corrected chi connectivity index (χ2v) is 3.89. The van der Waals surface area contributed by atoms with Crippen molar-refractivity contribution in [2.75, 3.05) is 13.1 Å². The largest absolute Gasteiger partial charge is 0.316 e. The molecule has 0 aromatic carbocycles. The summed E-state index contributed by atoms with van der Waals surface area (Å²) in [6.07, 6.45) is 4.62. The lowest BCUT2D eigenvalue weighted by Gasteiger charge is -2.14. The molecule has 0 spiro atoms. The van der Waals surface area contributed by atoms with Gasteiger partial charge in [-0.15, -0.1) is 0 Å². The van der Waals surface area contributed by atoms with Gasteiger partial charge in [0.15, 0.2) is 0 Å². The first kappa shape index (κ1) is 9.46. The van der Waals surface area contributed by atoms with Gasteiger partial charge in [0.05, 0.1) is 11.4 Å². The molecule has 0 aliphatic carbocycles. The van der Waals surface area contributed by atoms with Crippen molar-refractivity contribution in [2.24, 2.45) is 7.05 Å². The van der Waals surface area contributed by atoms with Gasteiger partial charge in [0.25, 0.3) is 0 Å². The maximum atomic E-state index is 4.33. The molecule has 76 valence electrons. The summed E-state index contributed by atoms with van der Waals surface area (Å²) in [7, 11) is 2.00. The number of hydrogen-bond acceptors (Lipinski definition) is 2. The fourth-order valence-corrected chi connectivity index (χ4v) is 1.87. The van der Waals surface area contributed by atoms with E-state index in [1.54, 1.807) is 0 Å². The van der Waals surface area contributed by atoms with Crippen molar-refractivity contribution in [3.05, 3.63) is 23.0 Å². The van der Waals surface area contributed by atoms with Crippen molar-refractivity contribution in [1.29, 1.82) is 0 Å². The number of aromatic nitrogens is 2. The molecule has 1 aromatic rings. The van der Waals surface area contributed by atoms with Gasteiger partial charge in [0, 0.05) is 7.05 Å².